The minimum absolute atomic E-state index is 0.143. The summed E-state index contributed by atoms with van der Waals surface area (Å²) in [4.78, 5) is 18.5. The van der Waals surface area contributed by atoms with Crippen molar-refractivity contribution in [3.63, 3.8) is 0 Å². The molecule has 1 amide bonds. The third-order valence-corrected chi connectivity index (χ3v) is 4.85. The molecule has 1 aliphatic heterocycles. The predicted octanol–water partition coefficient (Wildman–Crippen LogP) is 4.42. The number of pyridine rings is 1. The van der Waals surface area contributed by atoms with Crippen LogP contribution in [0.3, 0.4) is 0 Å². The molecule has 1 unspecified atom stereocenters. The van der Waals surface area contributed by atoms with Crippen LogP contribution in [-0.4, -0.2) is 28.9 Å². The number of alkyl halides is 3. The molecule has 2 heterocycles. The fourth-order valence-electron chi connectivity index (χ4n) is 3.43. The van der Waals surface area contributed by atoms with Crippen LogP contribution < -0.4 is 0 Å². The van der Waals surface area contributed by atoms with E-state index < -0.39 is 11.7 Å². The van der Waals surface area contributed by atoms with E-state index in [2.05, 4.69) is 11.8 Å². The Labute approximate surface area is 162 Å². The molecule has 1 atom stereocenters. The predicted molar refractivity (Wildman–Crippen MR) is 100 cm³/mol. The molecule has 0 bridgehead atoms. The summed E-state index contributed by atoms with van der Waals surface area (Å²) in [6, 6.07) is 10.9. The van der Waals surface area contributed by atoms with Crippen molar-refractivity contribution in [3.8, 4) is 11.8 Å². The zero-order valence-electron chi connectivity index (χ0n) is 15.6. The number of piperidine rings is 1. The molecule has 1 fully saturated rings. The topological polar surface area (TPSA) is 33.2 Å². The summed E-state index contributed by atoms with van der Waals surface area (Å²) in [5.74, 6) is 5.21. The van der Waals surface area contributed by atoms with Crippen molar-refractivity contribution in [3.05, 3.63) is 65.0 Å². The highest BCUT2D eigenvalue weighted by molar-refractivity contribution is 5.93. The van der Waals surface area contributed by atoms with Crippen molar-refractivity contribution in [2.75, 3.05) is 13.1 Å². The Morgan fingerprint density at radius 1 is 1.21 bits per heavy atom. The quantitative estimate of drug-likeness (QED) is 0.732. The lowest BCUT2D eigenvalue weighted by Gasteiger charge is -2.31. The van der Waals surface area contributed by atoms with E-state index in [4.69, 9.17) is 4.98 Å². The van der Waals surface area contributed by atoms with Gasteiger partial charge in [0.25, 0.3) is 5.91 Å². The monoisotopic (exact) mass is 386 g/mol. The summed E-state index contributed by atoms with van der Waals surface area (Å²) in [6.45, 7) is 2.94. The van der Waals surface area contributed by atoms with Crippen LogP contribution in [0.25, 0.3) is 0 Å². The largest absolute Gasteiger partial charge is 0.416 e. The van der Waals surface area contributed by atoms with E-state index in [1.165, 1.54) is 12.1 Å². The van der Waals surface area contributed by atoms with Gasteiger partial charge in [0, 0.05) is 36.8 Å². The van der Waals surface area contributed by atoms with E-state index in [0.717, 1.165) is 41.9 Å². The molecule has 0 N–H and O–H groups in total. The number of carbonyl (C=O) groups excluding carboxylic acids is 1. The number of hydrogen-bond donors (Lipinski definition) is 0. The number of carbonyl (C=O) groups is 1. The van der Waals surface area contributed by atoms with Crippen LogP contribution in [0.2, 0.25) is 0 Å². The number of aromatic nitrogens is 1. The third kappa shape index (κ3) is 4.92. The van der Waals surface area contributed by atoms with Crippen LogP contribution in [0.5, 0.6) is 0 Å². The molecule has 1 saturated heterocycles. The van der Waals surface area contributed by atoms with Gasteiger partial charge in [-0.3, -0.25) is 9.78 Å². The highest BCUT2D eigenvalue weighted by atomic mass is 19.4. The number of likely N-dealkylation sites (tertiary alicyclic amines) is 1. The molecular formula is C22H21F3N2O. The number of rotatable bonds is 3. The zero-order chi connectivity index (χ0) is 20.1. The second kappa shape index (κ2) is 8.47. The molecule has 0 radical (unpaired) electrons. The van der Waals surface area contributed by atoms with Gasteiger partial charge in [0.15, 0.2) is 0 Å². The van der Waals surface area contributed by atoms with Gasteiger partial charge >= 0.3 is 6.18 Å². The molecule has 3 nitrogen and oxygen atoms in total. The van der Waals surface area contributed by atoms with Crippen molar-refractivity contribution < 1.29 is 18.0 Å². The van der Waals surface area contributed by atoms with Crippen molar-refractivity contribution >= 4 is 5.91 Å². The maximum Gasteiger partial charge on any atom is 0.416 e. The van der Waals surface area contributed by atoms with Crippen molar-refractivity contribution in [2.24, 2.45) is 0 Å². The molecule has 1 aliphatic rings. The van der Waals surface area contributed by atoms with Crippen LogP contribution in [-0.2, 0) is 17.4 Å². The Kier molecular flexibility index (Phi) is 6.03. The molecule has 0 saturated carbocycles. The van der Waals surface area contributed by atoms with Gasteiger partial charge in [-0.05, 0) is 55.5 Å². The zero-order valence-corrected chi connectivity index (χ0v) is 15.6. The van der Waals surface area contributed by atoms with Gasteiger partial charge in [-0.2, -0.15) is 13.2 Å². The summed E-state index contributed by atoms with van der Waals surface area (Å²) >= 11 is 0. The molecular weight excluding hydrogens is 365 g/mol. The third-order valence-electron chi connectivity index (χ3n) is 4.85. The SMILES string of the molecule is CC#CC(=O)N1CCCC(c2cccc(Cc3ccc(C(F)(F)F)cc3)n2)C1. The average molecular weight is 386 g/mol. The Morgan fingerprint density at radius 3 is 2.64 bits per heavy atom. The van der Waals surface area contributed by atoms with Crippen LogP contribution in [0, 0.1) is 11.8 Å². The van der Waals surface area contributed by atoms with Gasteiger partial charge < -0.3 is 4.90 Å². The first-order valence-electron chi connectivity index (χ1n) is 9.20. The van der Waals surface area contributed by atoms with Crippen molar-refractivity contribution in [1.82, 2.24) is 9.88 Å². The fourth-order valence-corrected chi connectivity index (χ4v) is 3.43. The number of halogens is 3. The van der Waals surface area contributed by atoms with Gasteiger partial charge in [0.1, 0.15) is 0 Å². The van der Waals surface area contributed by atoms with Gasteiger partial charge in [0.05, 0.1) is 5.56 Å². The molecule has 146 valence electrons. The minimum atomic E-state index is -4.33. The summed E-state index contributed by atoms with van der Waals surface area (Å²) in [5.41, 5.74) is 1.83. The molecule has 6 heteroatoms. The molecule has 0 spiro atoms. The van der Waals surface area contributed by atoms with Crippen LogP contribution >= 0.6 is 0 Å². The molecule has 3 rings (SSSR count). The summed E-state index contributed by atoms with van der Waals surface area (Å²) in [6.07, 6.45) is -2.03. The first kappa shape index (κ1) is 19.9. The Balaban J connectivity index is 1.71. The summed E-state index contributed by atoms with van der Waals surface area (Å²) in [5, 5.41) is 0. The smallest absolute Gasteiger partial charge is 0.331 e. The van der Waals surface area contributed by atoms with E-state index in [1.54, 1.807) is 11.8 Å². The molecule has 28 heavy (non-hydrogen) atoms. The molecule has 0 aliphatic carbocycles. The lowest BCUT2D eigenvalue weighted by Crippen LogP contribution is -2.38. The highest BCUT2D eigenvalue weighted by Gasteiger charge is 2.30. The average Bonchev–Trinajstić information content (AvgIpc) is 2.68. The van der Waals surface area contributed by atoms with Crippen LogP contribution in [0.1, 0.15) is 48.2 Å². The number of amides is 1. The molecule has 1 aromatic heterocycles. The second-order valence-electron chi connectivity index (χ2n) is 6.89. The first-order valence-corrected chi connectivity index (χ1v) is 9.20. The standard InChI is InChI=1S/C22H21F3N2O/c1-2-5-21(28)27-13-4-6-17(15-27)20-8-3-7-19(26-20)14-16-9-11-18(12-10-16)22(23,24)25/h3,7-12,17H,4,6,13-15H2,1H3. The van der Waals surface area contributed by atoms with Crippen LogP contribution in [0.4, 0.5) is 13.2 Å². The lowest BCUT2D eigenvalue weighted by molar-refractivity contribution is -0.137. The highest BCUT2D eigenvalue weighted by Crippen LogP contribution is 2.30. The maximum absolute atomic E-state index is 12.7. The lowest BCUT2D eigenvalue weighted by atomic mass is 9.93. The van der Waals surface area contributed by atoms with Gasteiger partial charge in [-0.25, -0.2) is 0 Å². The molecule has 1 aromatic carbocycles. The first-order chi connectivity index (χ1) is 13.4. The normalized spacial score (nSPS) is 17.0. The maximum atomic E-state index is 12.7. The number of hydrogen-bond acceptors (Lipinski definition) is 2. The van der Waals surface area contributed by atoms with Crippen molar-refractivity contribution in [1.29, 1.82) is 0 Å². The van der Waals surface area contributed by atoms with Crippen LogP contribution in [0.15, 0.2) is 42.5 Å². The van der Waals surface area contributed by atoms with Crippen molar-refractivity contribution in [2.45, 2.75) is 38.3 Å². The Morgan fingerprint density at radius 2 is 1.96 bits per heavy atom. The molecule has 2 aromatic rings. The Bertz CT molecular complexity index is 894. The minimum Gasteiger partial charge on any atom is -0.331 e. The second-order valence-corrected chi connectivity index (χ2v) is 6.89. The van der Waals surface area contributed by atoms with E-state index in [0.29, 0.717) is 19.5 Å². The summed E-state index contributed by atoms with van der Waals surface area (Å²) < 4.78 is 38.1. The fraction of sp³-hybridized carbons (Fsp3) is 0.364. The van der Waals surface area contributed by atoms with E-state index in [1.807, 2.05) is 18.2 Å². The number of benzene rings is 1. The van der Waals surface area contributed by atoms with Gasteiger partial charge in [0.2, 0.25) is 0 Å². The van der Waals surface area contributed by atoms with Gasteiger partial charge in [-0.1, -0.05) is 24.1 Å². The van der Waals surface area contributed by atoms with E-state index in [-0.39, 0.29) is 11.8 Å². The number of nitrogens with zero attached hydrogens (tertiary/aromatic N) is 2. The van der Waals surface area contributed by atoms with E-state index >= 15 is 0 Å². The summed E-state index contributed by atoms with van der Waals surface area (Å²) in [7, 11) is 0. The Hall–Kier alpha value is -2.81. The van der Waals surface area contributed by atoms with E-state index in [9.17, 15) is 18.0 Å². The van der Waals surface area contributed by atoms with Gasteiger partial charge in [-0.15, -0.1) is 0 Å².